The van der Waals surface area contributed by atoms with Gasteiger partial charge in [-0.3, -0.25) is 9.69 Å². The molecule has 0 spiro atoms. The van der Waals surface area contributed by atoms with E-state index in [4.69, 9.17) is 14.2 Å². The number of fused-ring (bicyclic) bond motifs is 1. The maximum absolute atomic E-state index is 14.2. The molecule has 1 fully saturated rings. The molecule has 0 radical (unpaired) electrons. The summed E-state index contributed by atoms with van der Waals surface area (Å²) in [6, 6.07) is 11.7. The molecule has 0 aromatic heterocycles. The number of rotatable bonds is 6. The van der Waals surface area contributed by atoms with Gasteiger partial charge in [0.05, 0.1) is 18.8 Å². The van der Waals surface area contributed by atoms with Crippen molar-refractivity contribution in [1.82, 2.24) is 9.80 Å². The second-order valence-electron chi connectivity index (χ2n) is 6.85. The van der Waals surface area contributed by atoms with Gasteiger partial charge in [-0.05, 0) is 29.8 Å². The Morgan fingerprint density at radius 2 is 1.86 bits per heavy atom. The third kappa shape index (κ3) is 4.26. The summed E-state index contributed by atoms with van der Waals surface area (Å²) in [4.78, 5) is 17.0. The minimum absolute atomic E-state index is 0.0882. The van der Waals surface area contributed by atoms with Crippen LogP contribution in [0, 0.1) is 5.82 Å². The molecule has 0 N–H and O–H groups in total. The number of benzene rings is 2. The molecule has 2 aromatic rings. The van der Waals surface area contributed by atoms with Crippen molar-refractivity contribution in [2.45, 2.75) is 6.54 Å². The normalized spacial score (nSPS) is 16.2. The standard InChI is InChI=1S/C21H23FN2O4/c22-18-4-2-1-3-17(18)21(25)24(8-7-23-9-11-26-12-10-23)14-16-5-6-19-20(13-16)28-15-27-19/h1-6,13H,7-12,14-15H2. The van der Waals surface area contributed by atoms with Crippen LogP contribution in [0.3, 0.4) is 0 Å². The van der Waals surface area contributed by atoms with Crippen LogP contribution in [0.1, 0.15) is 15.9 Å². The van der Waals surface area contributed by atoms with Crippen molar-refractivity contribution < 1.29 is 23.4 Å². The first-order chi connectivity index (χ1) is 13.7. The van der Waals surface area contributed by atoms with Crippen LogP contribution in [0.25, 0.3) is 0 Å². The fourth-order valence-corrected chi connectivity index (χ4v) is 3.40. The molecule has 0 atom stereocenters. The summed E-state index contributed by atoms with van der Waals surface area (Å²) in [5.41, 5.74) is 1.00. The van der Waals surface area contributed by atoms with E-state index < -0.39 is 5.82 Å². The van der Waals surface area contributed by atoms with Crippen LogP contribution in [0.4, 0.5) is 4.39 Å². The van der Waals surface area contributed by atoms with Crippen LogP contribution in [0.2, 0.25) is 0 Å². The topological polar surface area (TPSA) is 51.2 Å². The zero-order valence-corrected chi connectivity index (χ0v) is 15.6. The molecule has 148 valence electrons. The molecule has 2 aromatic carbocycles. The van der Waals surface area contributed by atoms with Gasteiger partial charge >= 0.3 is 0 Å². The third-order valence-electron chi connectivity index (χ3n) is 4.99. The van der Waals surface area contributed by atoms with E-state index in [0.717, 1.165) is 18.7 Å². The Balaban J connectivity index is 1.52. The lowest BCUT2D eigenvalue weighted by Crippen LogP contribution is -2.43. The summed E-state index contributed by atoms with van der Waals surface area (Å²) in [6.45, 7) is 4.86. The van der Waals surface area contributed by atoms with Crippen molar-refractivity contribution in [1.29, 1.82) is 0 Å². The molecule has 0 saturated carbocycles. The van der Waals surface area contributed by atoms with Gasteiger partial charge in [-0.25, -0.2) is 4.39 Å². The zero-order chi connectivity index (χ0) is 19.3. The molecular weight excluding hydrogens is 363 g/mol. The molecule has 28 heavy (non-hydrogen) atoms. The number of amides is 1. The SMILES string of the molecule is O=C(c1ccccc1F)N(CCN1CCOCC1)Cc1ccc2c(c1)OCO2. The Labute approximate surface area is 163 Å². The summed E-state index contributed by atoms with van der Waals surface area (Å²) >= 11 is 0. The maximum Gasteiger partial charge on any atom is 0.257 e. The van der Waals surface area contributed by atoms with E-state index in [9.17, 15) is 9.18 Å². The summed E-state index contributed by atoms with van der Waals surface area (Å²) in [6.07, 6.45) is 0. The van der Waals surface area contributed by atoms with Crippen molar-refractivity contribution in [2.75, 3.05) is 46.2 Å². The van der Waals surface area contributed by atoms with E-state index >= 15 is 0 Å². The first kappa shape index (κ1) is 18.7. The lowest BCUT2D eigenvalue weighted by Gasteiger charge is -2.30. The first-order valence-electron chi connectivity index (χ1n) is 9.43. The first-order valence-corrected chi connectivity index (χ1v) is 9.43. The van der Waals surface area contributed by atoms with Crippen LogP contribution >= 0.6 is 0 Å². The predicted octanol–water partition coefficient (Wildman–Crippen LogP) is 2.53. The van der Waals surface area contributed by atoms with E-state index in [0.29, 0.717) is 44.3 Å². The Morgan fingerprint density at radius 3 is 2.68 bits per heavy atom. The van der Waals surface area contributed by atoms with Gasteiger partial charge in [-0.1, -0.05) is 18.2 Å². The molecule has 1 amide bonds. The Kier molecular flexibility index (Phi) is 5.73. The van der Waals surface area contributed by atoms with Gasteiger partial charge < -0.3 is 19.1 Å². The summed E-state index contributed by atoms with van der Waals surface area (Å²) in [5.74, 6) is 0.548. The molecule has 6 nitrogen and oxygen atoms in total. The van der Waals surface area contributed by atoms with E-state index in [1.54, 1.807) is 17.0 Å². The molecule has 0 bridgehead atoms. The van der Waals surface area contributed by atoms with Gasteiger partial charge in [0.25, 0.3) is 5.91 Å². The van der Waals surface area contributed by atoms with Gasteiger partial charge in [-0.15, -0.1) is 0 Å². The number of halogens is 1. The Hall–Kier alpha value is -2.64. The molecular formula is C21H23FN2O4. The fraction of sp³-hybridized carbons (Fsp3) is 0.381. The van der Waals surface area contributed by atoms with Gasteiger partial charge in [-0.2, -0.15) is 0 Å². The molecule has 0 aliphatic carbocycles. The Bertz CT molecular complexity index is 839. The summed E-state index contributed by atoms with van der Waals surface area (Å²) in [5, 5.41) is 0. The van der Waals surface area contributed by atoms with E-state index in [-0.39, 0.29) is 18.3 Å². The number of morpholine rings is 1. The van der Waals surface area contributed by atoms with Crippen LogP contribution in [0.15, 0.2) is 42.5 Å². The van der Waals surface area contributed by atoms with Crippen LogP contribution in [-0.4, -0.2) is 61.9 Å². The van der Waals surface area contributed by atoms with Gasteiger partial charge in [0.1, 0.15) is 5.82 Å². The van der Waals surface area contributed by atoms with Gasteiger partial charge in [0.15, 0.2) is 11.5 Å². The molecule has 1 saturated heterocycles. The molecule has 2 heterocycles. The van der Waals surface area contributed by atoms with Gasteiger partial charge in [0.2, 0.25) is 6.79 Å². The number of ether oxygens (including phenoxy) is 3. The number of carbonyl (C=O) groups excluding carboxylic acids is 1. The second-order valence-corrected chi connectivity index (χ2v) is 6.85. The minimum atomic E-state index is -0.505. The lowest BCUT2D eigenvalue weighted by atomic mass is 10.1. The number of carbonyl (C=O) groups is 1. The summed E-state index contributed by atoms with van der Waals surface area (Å²) < 4.78 is 30.4. The number of nitrogens with zero attached hydrogens (tertiary/aromatic N) is 2. The summed E-state index contributed by atoms with van der Waals surface area (Å²) in [7, 11) is 0. The molecule has 2 aliphatic heterocycles. The number of hydrogen-bond donors (Lipinski definition) is 0. The third-order valence-corrected chi connectivity index (χ3v) is 4.99. The quantitative estimate of drug-likeness (QED) is 0.764. The smallest absolute Gasteiger partial charge is 0.257 e. The van der Waals surface area contributed by atoms with Crippen molar-refractivity contribution in [2.24, 2.45) is 0 Å². The highest BCUT2D eigenvalue weighted by molar-refractivity contribution is 5.94. The highest BCUT2D eigenvalue weighted by atomic mass is 19.1. The van der Waals surface area contributed by atoms with Crippen LogP contribution < -0.4 is 9.47 Å². The van der Waals surface area contributed by atoms with E-state index in [1.807, 2.05) is 18.2 Å². The van der Waals surface area contributed by atoms with Crippen molar-refractivity contribution >= 4 is 5.91 Å². The Morgan fingerprint density at radius 1 is 1.07 bits per heavy atom. The maximum atomic E-state index is 14.2. The van der Waals surface area contributed by atoms with Crippen LogP contribution in [0.5, 0.6) is 11.5 Å². The molecule has 4 rings (SSSR count). The van der Waals surface area contributed by atoms with Crippen molar-refractivity contribution in [3.8, 4) is 11.5 Å². The van der Waals surface area contributed by atoms with Gasteiger partial charge in [0, 0.05) is 32.7 Å². The van der Waals surface area contributed by atoms with Crippen molar-refractivity contribution in [3.63, 3.8) is 0 Å². The monoisotopic (exact) mass is 386 g/mol. The highest BCUT2D eigenvalue weighted by Gasteiger charge is 2.22. The zero-order valence-electron chi connectivity index (χ0n) is 15.6. The molecule has 7 heteroatoms. The second kappa shape index (κ2) is 8.58. The van der Waals surface area contributed by atoms with E-state index in [1.165, 1.54) is 12.1 Å². The molecule has 0 unspecified atom stereocenters. The predicted molar refractivity (Wildman–Crippen MR) is 101 cm³/mol. The average molecular weight is 386 g/mol. The minimum Gasteiger partial charge on any atom is -0.454 e. The van der Waals surface area contributed by atoms with Crippen LogP contribution in [-0.2, 0) is 11.3 Å². The van der Waals surface area contributed by atoms with E-state index in [2.05, 4.69) is 4.90 Å². The van der Waals surface area contributed by atoms with Crippen molar-refractivity contribution in [3.05, 3.63) is 59.4 Å². The average Bonchev–Trinajstić information content (AvgIpc) is 3.19. The highest BCUT2D eigenvalue weighted by Crippen LogP contribution is 2.33. The molecule has 2 aliphatic rings. The lowest BCUT2D eigenvalue weighted by molar-refractivity contribution is 0.0319. The fourth-order valence-electron chi connectivity index (χ4n) is 3.40. The number of hydrogen-bond acceptors (Lipinski definition) is 5. The largest absolute Gasteiger partial charge is 0.454 e.